The maximum atomic E-state index is 12.5. The molecule has 0 heterocycles. The Labute approximate surface area is 128 Å². The molecular formula is C18H28N2O. The summed E-state index contributed by atoms with van der Waals surface area (Å²) in [4.78, 5) is 12.5. The smallest absolute Gasteiger partial charge is 0.227 e. The highest BCUT2D eigenvalue weighted by atomic mass is 16.1. The van der Waals surface area contributed by atoms with E-state index in [0.717, 1.165) is 45.1 Å². The van der Waals surface area contributed by atoms with Crippen molar-refractivity contribution < 1.29 is 4.79 Å². The number of benzene rings is 1. The third kappa shape index (κ3) is 4.31. The average Bonchev–Trinajstić information content (AvgIpc) is 2.52. The van der Waals surface area contributed by atoms with Crippen molar-refractivity contribution in [3.63, 3.8) is 0 Å². The van der Waals surface area contributed by atoms with Gasteiger partial charge in [0.2, 0.25) is 5.91 Å². The zero-order valence-corrected chi connectivity index (χ0v) is 13.1. The minimum absolute atomic E-state index is 0.0371. The molecule has 1 aliphatic rings. The molecule has 0 aliphatic heterocycles. The number of aryl methyl sites for hydroxylation is 1. The first-order valence-electron chi connectivity index (χ1n) is 8.31. The molecule has 1 aliphatic carbocycles. The van der Waals surface area contributed by atoms with Crippen molar-refractivity contribution in [2.75, 3.05) is 13.1 Å². The van der Waals surface area contributed by atoms with Crippen molar-refractivity contribution in [3.8, 4) is 0 Å². The van der Waals surface area contributed by atoms with Gasteiger partial charge in [-0.05, 0) is 55.7 Å². The molecule has 3 nitrogen and oxygen atoms in total. The Hall–Kier alpha value is -1.35. The van der Waals surface area contributed by atoms with Crippen LogP contribution in [0.25, 0.3) is 0 Å². The number of rotatable bonds is 7. The third-order valence-corrected chi connectivity index (χ3v) is 4.52. The van der Waals surface area contributed by atoms with Gasteiger partial charge in [-0.2, -0.15) is 0 Å². The lowest BCUT2D eigenvalue weighted by Gasteiger charge is -2.25. The summed E-state index contributed by atoms with van der Waals surface area (Å²) in [6.07, 6.45) is 6.46. The van der Waals surface area contributed by atoms with Gasteiger partial charge in [0.1, 0.15) is 0 Å². The van der Waals surface area contributed by atoms with Crippen LogP contribution in [0.4, 0.5) is 0 Å². The van der Waals surface area contributed by atoms with E-state index in [9.17, 15) is 4.79 Å². The monoisotopic (exact) mass is 288 g/mol. The topological polar surface area (TPSA) is 55.1 Å². The van der Waals surface area contributed by atoms with Crippen molar-refractivity contribution in [1.82, 2.24) is 5.32 Å². The molecule has 3 heteroatoms. The fraction of sp³-hybridized carbons (Fsp3) is 0.611. The predicted octanol–water partition coefficient (Wildman–Crippen LogP) is 2.99. The Morgan fingerprint density at radius 2 is 2.19 bits per heavy atom. The maximum Gasteiger partial charge on any atom is 0.227 e. The van der Waals surface area contributed by atoms with Crippen LogP contribution in [-0.4, -0.2) is 19.0 Å². The van der Waals surface area contributed by atoms with Gasteiger partial charge in [0.25, 0.3) is 0 Å². The molecule has 0 radical (unpaired) electrons. The molecule has 1 aromatic carbocycles. The molecule has 21 heavy (non-hydrogen) atoms. The van der Waals surface area contributed by atoms with Crippen molar-refractivity contribution in [2.24, 2.45) is 11.7 Å². The van der Waals surface area contributed by atoms with Crippen LogP contribution in [0.2, 0.25) is 0 Å². The molecule has 1 amide bonds. The first-order chi connectivity index (χ1) is 10.3. The molecule has 2 atom stereocenters. The van der Waals surface area contributed by atoms with Crippen molar-refractivity contribution in [3.05, 3.63) is 35.4 Å². The van der Waals surface area contributed by atoms with Gasteiger partial charge in [0, 0.05) is 6.54 Å². The number of fused-ring (bicyclic) bond motifs is 1. The number of amides is 1. The normalized spacial score (nSPS) is 18.9. The van der Waals surface area contributed by atoms with Crippen LogP contribution in [0.15, 0.2) is 24.3 Å². The predicted molar refractivity (Wildman–Crippen MR) is 87.2 cm³/mol. The lowest BCUT2D eigenvalue weighted by atomic mass is 9.82. The van der Waals surface area contributed by atoms with Gasteiger partial charge in [-0.25, -0.2) is 0 Å². The Morgan fingerprint density at radius 3 is 2.95 bits per heavy atom. The molecule has 2 rings (SSSR count). The largest absolute Gasteiger partial charge is 0.355 e. The van der Waals surface area contributed by atoms with E-state index in [4.69, 9.17) is 5.73 Å². The number of carbonyl (C=O) groups excluding carboxylic acids is 1. The van der Waals surface area contributed by atoms with E-state index < -0.39 is 0 Å². The number of nitrogens with one attached hydrogen (secondary N) is 1. The van der Waals surface area contributed by atoms with E-state index in [1.165, 1.54) is 11.1 Å². The Morgan fingerprint density at radius 1 is 1.38 bits per heavy atom. The Kier molecular flexibility index (Phi) is 6.24. The second-order valence-electron chi connectivity index (χ2n) is 6.12. The van der Waals surface area contributed by atoms with Crippen molar-refractivity contribution in [1.29, 1.82) is 0 Å². The lowest BCUT2D eigenvalue weighted by molar-refractivity contribution is -0.123. The summed E-state index contributed by atoms with van der Waals surface area (Å²) in [5.74, 6) is 0.748. The van der Waals surface area contributed by atoms with Crippen LogP contribution >= 0.6 is 0 Å². The van der Waals surface area contributed by atoms with Crippen molar-refractivity contribution >= 4 is 5.91 Å². The van der Waals surface area contributed by atoms with Gasteiger partial charge >= 0.3 is 0 Å². The fourth-order valence-corrected chi connectivity index (χ4v) is 3.39. The van der Waals surface area contributed by atoms with E-state index >= 15 is 0 Å². The van der Waals surface area contributed by atoms with Gasteiger partial charge in [0.05, 0.1) is 5.92 Å². The molecule has 0 saturated carbocycles. The molecule has 116 valence electrons. The van der Waals surface area contributed by atoms with Crippen molar-refractivity contribution in [2.45, 2.75) is 51.4 Å². The van der Waals surface area contributed by atoms with E-state index in [0.29, 0.717) is 12.5 Å². The first-order valence-corrected chi connectivity index (χ1v) is 8.31. The number of carbonyl (C=O) groups is 1. The summed E-state index contributed by atoms with van der Waals surface area (Å²) in [7, 11) is 0. The van der Waals surface area contributed by atoms with Gasteiger partial charge in [0.15, 0.2) is 0 Å². The van der Waals surface area contributed by atoms with Gasteiger partial charge < -0.3 is 11.1 Å². The quantitative estimate of drug-likeness (QED) is 0.810. The summed E-state index contributed by atoms with van der Waals surface area (Å²) in [5, 5.41) is 3.17. The molecule has 2 unspecified atom stereocenters. The minimum Gasteiger partial charge on any atom is -0.355 e. The average molecular weight is 288 g/mol. The van der Waals surface area contributed by atoms with Crippen LogP contribution in [-0.2, 0) is 11.2 Å². The SMILES string of the molecule is CCCC(CCN)CNC(=O)C1CCCc2ccccc21. The van der Waals surface area contributed by atoms with Crippen LogP contribution in [0.5, 0.6) is 0 Å². The fourth-order valence-electron chi connectivity index (χ4n) is 3.39. The summed E-state index contributed by atoms with van der Waals surface area (Å²) in [6.45, 7) is 3.65. The summed E-state index contributed by atoms with van der Waals surface area (Å²) >= 11 is 0. The highest BCUT2D eigenvalue weighted by Gasteiger charge is 2.26. The highest BCUT2D eigenvalue weighted by Crippen LogP contribution is 2.31. The summed E-state index contributed by atoms with van der Waals surface area (Å²) in [6, 6.07) is 8.38. The van der Waals surface area contributed by atoms with E-state index in [1.807, 2.05) is 6.07 Å². The Bertz CT molecular complexity index is 452. The van der Waals surface area contributed by atoms with E-state index in [-0.39, 0.29) is 11.8 Å². The number of nitrogens with two attached hydrogens (primary N) is 1. The minimum atomic E-state index is 0.0371. The van der Waals surface area contributed by atoms with E-state index in [1.54, 1.807) is 0 Å². The molecule has 0 saturated heterocycles. The molecule has 1 aromatic rings. The molecule has 0 spiro atoms. The van der Waals surface area contributed by atoms with Crippen LogP contribution in [0.1, 0.15) is 56.1 Å². The van der Waals surface area contributed by atoms with Gasteiger partial charge in [-0.1, -0.05) is 37.6 Å². The first kappa shape index (κ1) is 16.0. The Balaban J connectivity index is 1.95. The highest BCUT2D eigenvalue weighted by molar-refractivity contribution is 5.84. The summed E-state index contributed by atoms with van der Waals surface area (Å²) in [5.41, 5.74) is 8.23. The molecule has 3 N–H and O–H groups in total. The van der Waals surface area contributed by atoms with E-state index in [2.05, 4.69) is 30.4 Å². The van der Waals surface area contributed by atoms with Crippen LogP contribution < -0.4 is 11.1 Å². The second kappa shape index (κ2) is 8.18. The third-order valence-electron chi connectivity index (χ3n) is 4.52. The molecule has 0 aromatic heterocycles. The summed E-state index contributed by atoms with van der Waals surface area (Å²) < 4.78 is 0. The van der Waals surface area contributed by atoms with Crippen LogP contribution in [0, 0.1) is 5.92 Å². The maximum absolute atomic E-state index is 12.5. The lowest BCUT2D eigenvalue weighted by Crippen LogP contribution is -2.35. The standard InChI is InChI=1S/C18H28N2O/c1-2-6-14(11-12-19)13-20-18(21)17-10-5-8-15-7-3-4-9-16(15)17/h3-4,7,9,14,17H,2,5-6,8,10-13,19H2,1H3,(H,20,21). The molecule has 0 fully saturated rings. The zero-order valence-electron chi connectivity index (χ0n) is 13.1. The van der Waals surface area contributed by atoms with Crippen LogP contribution in [0.3, 0.4) is 0 Å². The second-order valence-corrected chi connectivity index (χ2v) is 6.12. The zero-order chi connectivity index (χ0) is 15.1. The van der Waals surface area contributed by atoms with Gasteiger partial charge in [-0.3, -0.25) is 4.79 Å². The van der Waals surface area contributed by atoms with Gasteiger partial charge in [-0.15, -0.1) is 0 Å². The molecule has 0 bridgehead atoms. The number of hydrogen-bond donors (Lipinski definition) is 2. The number of hydrogen-bond acceptors (Lipinski definition) is 2. The molecular weight excluding hydrogens is 260 g/mol.